The fourth-order valence-corrected chi connectivity index (χ4v) is 13.9. The Morgan fingerprint density at radius 3 is 1.68 bits per heavy atom. The molecule has 0 saturated heterocycles. The molecule has 4 heteroatoms. The second kappa shape index (κ2) is 15.6. The van der Waals surface area contributed by atoms with Gasteiger partial charge in [-0.3, -0.25) is 0 Å². The average Bonchev–Trinajstić information content (AvgIpc) is 3.30. The van der Waals surface area contributed by atoms with Gasteiger partial charge in [-0.25, -0.2) is 0 Å². The van der Waals surface area contributed by atoms with E-state index in [9.17, 15) is 0 Å². The van der Waals surface area contributed by atoms with Gasteiger partial charge < -0.3 is 14.5 Å². The summed E-state index contributed by atoms with van der Waals surface area (Å²) in [6, 6.07) is 49.1. The van der Waals surface area contributed by atoms with Gasteiger partial charge in [0.1, 0.15) is 11.5 Å². The van der Waals surface area contributed by atoms with E-state index >= 15 is 0 Å². The monoisotopic (exact) mass is 893 g/mol. The number of ether oxygens (including phenoxy) is 1. The molecule has 4 fully saturated rings. The summed E-state index contributed by atoms with van der Waals surface area (Å²) in [6.07, 6.45) is 15.1. The molecule has 6 aromatic carbocycles. The first-order valence-corrected chi connectivity index (χ1v) is 25.9. The van der Waals surface area contributed by atoms with E-state index in [2.05, 4.69) is 212 Å². The van der Waals surface area contributed by atoms with Gasteiger partial charge in [0.2, 0.25) is 0 Å². The average molecular weight is 893 g/mol. The molecule has 3 nitrogen and oxygen atoms in total. The number of allylic oxidation sites excluding steroid dienone is 4. The third-order valence-electron chi connectivity index (χ3n) is 17.1. The van der Waals surface area contributed by atoms with Crippen molar-refractivity contribution in [3.8, 4) is 22.6 Å². The van der Waals surface area contributed by atoms with Crippen molar-refractivity contribution >= 4 is 57.1 Å². The van der Waals surface area contributed by atoms with E-state index in [0.29, 0.717) is 0 Å². The predicted octanol–water partition coefficient (Wildman–Crippen LogP) is 15.6. The molecule has 13 rings (SSSR count). The van der Waals surface area contributed by atoms with Crippen LogP contribution in [0, 0.1) is 23.2 Å². The molecule has 0 unspecified atom stereocenters. The summed E-state index contributed by atoms with van der Waals surface area (Å²) >= 11 is 0. The van der Waals surface area contributed by atoms with Gasteiger partial charge in [0, 0.05) is 34.0 Å². The molecular weight excluding hydrogens is 824 g/mol. The molecule has 68 heavy (non-hydrogen) atoms. The maximum Gasteiger partial charge on any atom is 0.256 e. The number of hydrogen-bond donors (Lipinski definition) is 0. The van der Waals surface area contributed by atoms with E-state index in [4.69, 9.17) is 4.74 Å². The molecule has 6 aromatic rings. The molecule has 2 heterocycles. The van der Waals surface area contributed by atoms with Crippen LogP contribution < -0.4 is 30.9 Å². The van der Waals surface area contributed by atoms with Crippen LogP contribution in [0.1, 0.15) is 130 Å². The van der Waals surface area contributed by atoms with Crippen molar-refractivity contribution in [1.82, 2.24) is 0 Å². The Balaban J connectivity index is 1.08. The Morgan fingerprint density at radius 1 is 0.515 bits per heavy atom. The van der Waals surface area contributed by atoms with E-state index in [1.54, 1.807) is 0 Å². The number of hydrogen-bond acceptors (Lipinski definition) is 3. The van der Waals surface area contributed by atoms with Crippen LogP contribution in [0.2, 0.25) is 0 Å². The number of anilines is 5. The van der Waals surface area contributed by atoms with Gasteiger partial charge in [-0.05, 0) is 196 Å². The Labute approximate surface area is 407 Å². The van der Waals surface area contributed by atoms with Gasteiger partial charge in [0.05, 0.1) is 0 Å². The van der Waals surface area contributed by atoms with Crippen molar-refractivity contribution in [3.63, 3.8) is 0 Å². The van der Waals surface area contributed by atoms with E-state index in [-0.39, 0.29) is 28.5 Å². The molecule has 0 radical (unpaired) electrons. The lowest BCUT2D eigenvalue weighted by Gasteiger charge is -2.62. The summed E-state index contributed by atoms with van der Waals surface area (Å²) in [4.78, 5) is 5.39. The Kier molecular flexibility index (Phi) is 10.0. The van der Waals surface area contributed by atoms with Crippen molar-refractivity contribution in [2.24, 2.45) is 23.2 Å². The standard InChI is InChI=1S/C64H69BN2O/c1-61(2,3)48-18-15-45(16-19-48)47-35-57-60-59(36-47)68-58-30-28-53(66(51-24-20-49(21-25-51)62(4,5)6)52-26-22-50(23-27-52)63(7,8)9)37-55(58)65(60)54-34-46(44-13-11-10-12-14-44)17-29-56(54)67(57)64-38-41-31-42(39-64)33-43(32-41)40-64/h10-15,17-18,20-30,34-37,41-43H,16,19,31-33,38-40H2,1-9H3. The third kappa shape index (κ3) is 7.39. The molecule has 2 aliphatic heterocycles. The smallest absolute Gasteiger partial charge is 0.256 e. The molecule has 344 valence electrons. The highest BCUT2D eigenvalue weighted by Gasteiger charge is 2.57. The lowest BCUT2D eigenvalue weighted by atomic mass is 9.33. The van der Waals surface area contributed by atoms with Crippen LogP contribution in [0.5, 0.6) is 11.5 Å². The molecular formula is C64H69BN2O. The normalized spacial score (nSPS) is 22.5. The maximum absolute atomic E-state index is 7.39. The zero-order chi connectivity index (χ0) is 46.9. The zero-order valence-corrected chi connectivity index (χ0v) is 42.0. The van der Waals surface area contributed by atoms with Gasteiger partial charge >= 0.3 is 0 Å². The van der Waals surface area contributed by atoms with E-state index in [1.807, 2.05) is 0 Å². The topological polar surface area (TPSA) is 15.7 Å². The fourth-order valence-electron chi connectivity index (χ4n) is 13.9. The first-order chi connectivity index (χ1) is 32.5. The van der Waals surface area contributed by atoms with Gasteiger partial charge in [-0.15, -0.1) is 0 Å². The third-order valence-corrected chi connectivity index (χ3v) is 17.1. The van der Waals surface area contributed by atoms with Gasteiger partial charge in [-0.1, -0.05) is 147 Å². The van der Waals surface area contributed by atoms with E-state index < -0.39 is 0 Å². The lowest BCUT2D eigenvalue weighted by molar-refractivity contribution is 0.000627. The minimum atomic E-state index is -0.0114. The summed E-state index contributed by atoms with van der Waals surface area (Å²) in [5.41, 5.74) is 20.0. The summed E-state index contributed by atoms with van der Waals surface area (Å²) in [5, 5.41) is 0. The molecule has 0 N–H and O–H groups in total. The van der Waals surface area contributed by atoms with Crippen molar-refractivity contribution in [2.45, 2.75) is 130 Å². The number of nitrogens with zero attached hydrogens (tertiary/aromatic N) is 2. The summed E-state index contributed by atoms with van der Waals surface area (Å²) in [6.45, 7) is 20.8. The molecule has 0 amide bonds. The summed E-state index contributed by atoms with van der Waals surface area (Å²) < 4.78 is 7.39. The quantitative estimate of drug-likeness (QED) is 0.155. The molecule has 0 aromatic heterocycles. The number of rotatable bonds is 6. The van der Waals surface area contributed by atoms with Crippen LogP contribution in [-0.2, 0) is 10.8 Å². The first-order valence-electron chi connectivity index (χ1n) is 25.9. The van der Waals surface area contributed by atoms with Crippen LogP contribution in [0.15, 0.2) is 145 Å². The second-order valence-electron chi connectivity index (χ2n) is 24.8. The predicted molar refractivity (Wildman–Crippen MR) is 289 cm³/mol. The maximum atomic E-state index is 7.39. The zero-order valence-electron chi connectivity index (χ0n) is 42.0. The van der Waals surface area contributed by atoms with E-state index in [0.717, 1.165) is 59.2 Å². The van der Waals surface area contributed by atoms with Gasteiger partial charge in [0.15, 0.2) is 0 Å². The van der Waals surface area contributed by atoms with Crippen molar-refractivity contribution in [3.05, 3.63) is 162 Å². The first kappa shape index (κ1) is 43.5. The van der Waals surface area contributed by atoms with Crippen LogP contribution in [0.4, 0.5) is 28.4 Å². The molecule has 4 saturated carbocycles. The summed E-state index contributed by atoms with van der Waals surface area (Å²) in [5.74, 6) is 4.41. The van der Waals surface area contributed by atoms with Gasteiger partial charge in [-0.2, -0.15) is 0 Å². The van der Waals surface area contributed by atoms with E-state index in [1.165, 1.54) is 105 Å². The summed E-state index contributed by atoms with van der Waals surface area (Å²) in [7, 11) is 0. The molecule has 4 bridgehead atoms. The lowest BCUT2D eigenvalue weighted by Crippen LogP contribution is -2.66. The molecule has 0 atom stereocenters. The van der Waals surface area contributed by atoms with Crippen LogP contribution >= 0.6 is 0 Å². The Bertz CT molecular complexity index is 2920. The van der Waals surface area contributed by atoms with Crippen LogP contribution in [0.3, 0.4) is 0 Å². The highest BCUT2D eigenvalue weighted by molar-refractivity contribution is 6.99. The van der Waals surface area contributed by atoms with Crippen molar-refractivity contribution < 1.29 is 4.74 Å². The van der Waals surface area contributed by atoms with Crippen LogP contribution in [0.25, 0.3) is 16.7 Å². The van der Waals surface area contributed by atoms with Crippen molar-refractivity contribution in [2.75, 3.05) is 9.80 Å². The highest BCUT2D eigenvalue weighted by Crippen LogP contribution is 2.61. The molecule has 0 spiro atoms. The molecule has 5 aliphatic carbocycles. The van der Waals surface area contributed by atoms with Gasteiger partial charge in [0.25, 0.3) is 6.71 Å². The van der Waals surface area contributed by atoms with Crippen molar-refractivity contribution in [1.29, 1.82) is 0 Å². The minimum Gasteiger partial charge on any atom is -0.458 e. The highest BCUT2D eigenvalue weighted by atomic mass is 16.5. The number of benzene rings is 6. The number of fused-ring (bicyclic) bond motifs is 4. The minimum absolute atomic E-state index is 0.0114. The largest absolute Gasteiger partial charge is 0.458 e. The fraction of sp³-hybridized carbons (Fsp3) is 0.375. The Hall–Kier alpha value is -5.74. The Morgan fingerprint density at radius 2 is 1.12 bits per heavy atom. The molecule has 7 aliphatic rings. The van der Waals surface area contributed by atoms with Crippen LogP contribution in [-0.4, -0.2) is 12.3 Å². The SMILES string of the molecule is CC(C)(C)C1=CC=C(c2cc3c4c(c2)N(C25CC6CC(CC(C6)C2)C5)c2ccc(-c5ccccc5)cc2B4c2cc(N(c4ccc(C(C)(C)C)cc4)c4ccc(C(C)(C)C)cc4)ccc2O3)CC1. The second-order valence-corrected chi connectivity index (χ2v) is 24.8.